The van der Waals surface area contributed by atoms with Gasteiger partial charge in [-0.2, -0.15) is 0 Å². The lowest BCUT2D eigenvalue weighted by Crippen LogP contribution is -2.52. The van der Waals surface area contributed by atoms with E-state index in [0.29, 0.717) is 10.8 Å². The van der Waals surface area contributed by atoms with Gasteiger partial charge in [-0.25, -0.2) is 8.42 Å². The number of hydrogen-bond donors (Lipinski definition) is 1. The van der Waals surface area contributed by atoms with Gasteiger partial charge in [0, 0.05) is 17.6 Å². The van der Waals surface area contributed by atoms with Crippen LogP contribution in [0, 0.1) is 6.92 Å². The van der Waals surface area contributed by atoms with E-state index >= 15 is 0 Å². The molecule has 0 aliphatic rings. The Kier molecular flexibility index (Phi) is 10.6. The number of amides is 2. The van der Waals surface area contributed by atoms with E-state index in [1.165, 1.54) is 24.1 Å². The van der Waals surface area contributed by atoms with Crippen molar-refractivity contribution in [1.82, 2.24) is 10.2 Å². The van der Waals surface area contributed by atoms with E-state index in [2.05, 4.69) is 5.32 Å². The molecular formula is C30H36ClN3O5S. The van der Waals surface area contributed by atoms with Gasteiger partial charge in [0.05, 0.1) is 17.7 Å². The highest BCUT2D eigenvalue weighted by atomic mass is 35.5. The minimum absolute atomic E-state index is 0.0105. The molecule has 0 heterocycles. The van der Waals surface area contributed by atoms with Crippen molar-refractivity contribution >= 4 is 39.1 Å². The largest absolute Gasteiger partial charge is 0.497 e. The van der Waals surface area contributed by atoms with Crippen LogP contribution in [0.15, 0.2) is 77.7 Å². The lowest BCUT2D eigenvalue weighted by Gasteiger charge is -2.32. The second-order valence-electron chi connectivity index (χ2n) is 9.66. The minimum Gasteiger partial charge on any atom is -0.497 e. The third-order valence-electron chi connectivity index (χ3n) is 6.68. The van der Waals surface area contributed by atoms with Crippen LogP contribution in [-0.2, 0) is 26.2 Å². The van der Waals surface area contributed by atoms with E-state index < -0.39 is 28.5 Å². The second-order valence-corrected chi connectivity index (χ2v) is 12.0. The SMILES string of the molecule is CC[C@@H](C)NC(=O)[C@@H](C)N(Cc1ccc(C)cc1)C(=O)CN(c1ccc(Cl)cc1)S(=O)(=O)c1ccc(OC)cc1. The van der Waals surface area contributed by atoms with Crippen molar-refractivity contribution in [2.75, 3.05) is 18.0 Å². The molecule has 0 saturated carbocycles. The average Bonchev–Trinajstić information content (AvgIpc) is 2.95. The number of hydrogen-bond acceptors (Lipinski definition) is 5. The lowest BCUT2D eigenvalue weighted by atomic mass is 10.1. The number of halogens is 1. The molecule has 3 aromatic carbocycles. The van der Waals surface area contributed by atoms with Crippen LogP contribution in [0.3, 0.4) is 0 Å². The number of sulfonamides is 1. The van der Waals surface area contributed by atoms with Crippen molar-refractivity contribution in [2.24, 2.45) is 0 Å². The fourth-order valence-corrected chi connectivity index (χ4v) is 5.49. The Morgan fingerprint density at radius 3 is 2.10 bits per heavy atom. The number of nitrogens with one attached hydrogen (secondary N) is 1. The first-order valence-electron chi connectivity index (χ1n) is 13.0. The summed E-state index contributed by atoms with van der Waals surface area (Å²) in [5.74, 6) is -0.344. The number of aryl methyl sites for hydroxylation is 1. The topological polar surface area (TPSA) is 96.0 Å². The number of anilines is 1. The van der Waals surface area contributed by atoms with Crippen molar-refractivity contribution in [1.29, 1.82) is 0 Å². The van der Waals surface area contributed by atoms with Gasteiger partial charge >= 0.3 is 0 Å². The molecule has 2 amide bonds. The molecule has 10 heteroatoms. The number of methoxy groups -OCH3 is 1. The molecule has 3 aromatic rings. The number of benzene rings is 3. The molecule has 0 saturated heterocycles. The van der Waals surface area contributed by atoms with Crippen LogP contribution in [-0.4, -0.2) is 50.9 Å². The van der Waals surface area contributed by atoms with Gasteiger partial charge in [0.1, 0.15) is 18.3 Å². The fraction of sp³-hybridized carbons (Fsp3) is 0.333. The highest BCUT2D eigenvalue weighted by Gasteiger charge is 2.32. The summed E-state index contributed by atoms with van der Waals surface area (Å²) in [6.45, 7) is 7.06. The average molecular weight is 586 g/mol. The maximum atomic E-state index is 13.9. The van der Waals surface area contributed by atoms with E-state index in [-0.39, 0.29) is 29.1 Å². The van der Waals surface area contributed by atoms with Crippen LogP contribution in [0.25, 0.3) is 0 Å². The van der Waals surface area contributed by atoms with E-state index in [4.69, 9.17) is 16.3 Å². The second kappa shape index (κ2) is 13.7. The standard InChI is InChI=1S/C30H36ClN3O5S/c1-6-22(3)32-30(36)23(4)33(19-24-9-7-21(2)8-10-24)29(35)20-34(26-13-11-25(31)12-14-26)40(37,38)28-17-15-27(39-5)16-18-28/h7-18,22-23H,6,19-20H2,1-5H3,(H,32,36)/t22-,23-/m1/s1. The Morgan fingerprint density at radius 2 is 1.55 bits per heavy atom. The van der Waals surface area contributed by atoms with Crippen LogP contribution in [0.2, 0.25) is 5.02 Å². The van der Waals surface area contributed by atoms with Gasteiger partial charge in [-0.15, -0.1) is 0 Å². The number of ether oxygens (including phenoxy) is 1. The fourth-order valence-electron chi connectivity index (χ4n) is 3.95. The van der Waals surface area contributed by atoms with Crippen LogP contribution in [0.4, 0.5) is 5.69 Å². The van der Waals surface area contributed by atoms with Gasteiger partial charge in [0.2, 0.25) is 11.8 Å². The molecule has 214 valence electrons. The van der Waals surface area contributed by atoms with Crippen LogP contribution in [0.1, 0.15) is 38.3 Å². The molecule has 1 N–H and O–H groups in total. The first kappa shape index (κ1) is 31.0. The van der Waals surface area contributed by atoms with E-state index in [9.17, 15) is 18.0 Å². The van der Waals surface area contributed by atoms with Crippen LogP contribution in [0.5, 0.6) is 5.75 Å². The Labute approximate surface area is 241 Å². The van der Waals surface area contributed by atoms with Crippen LogP contribution >= 0.6 is 11.6 Å². The molecule has 0 radical (unpaired) electrons. The Hall–Kier alpha value is -3.56. The lowest BCUT2D eigenvalue weighted by molar-refractivity contribution is -0.139. The van der Waals surface area contributed by atoms with Crippen molar-refractivity contribution in [3.8, 4) is 5.75 Å². The van der Waals surface area contributed by atoms with Gasteiger partial charge in [0.15, 0.2) is 0 Å². The van der Waals surface area contributed by atoms with Gasteiger partial charge < -0.3 is 15.0 Å². The summed E-state index contributed by atoms with van der Waals surface area (Å²) >= 11 is 6.07. The highest BCUT2D eigenvalue weighted by Crippen LogP contribution is 2.27. The smallest absolute Gasteiger partial charge is 0.264 e. The number of nitrogens with zero attached hydrogens (tertiary/aromatic N) is 2. The zero-order valence-electron chi connectivity index (χ0n) is 23.4. The Balaban J connectivity index is 2.01. The third kappa shape index (κ3) is 7.76. The Morgan fingerprint density at radius 1 is 0.950 bits per heavy atom. The Bertz CT molecular complexity index is 1390. The summed E-state index contributed by atoms with van der Waals surface area (Å²) in [6.07, 6.45) is 0.731. The van der Waals surface area contributed by atoms with Crippen molar-refractivity contribution < 1.29 is 22.7 Å². The first-order chi connectivity index (χ1) is 19.0. The normalized spacial score (nSPS) is 12.8. The van der Waals surface area contributed by atoms with Gasteiger partial charge in [-0.1, -0.05) is 48.4 Å². The van der Waals surface area contributed by atoms with Gasteiger partial charge in [-0.05, 0) is 81.3 Å². The summed E-state index contributed by atoms with van der Waals surface area (Å²) in [7, 11) is -2.69. The van der Waals surface area contributed by atoms with Gasteiger partial charge in [0.25, 0.3) is 10.0 Å². The minimum atomic E-state index is -4.18. The zero-order chi connectivity index (χ0) is 29.4. The molecule has 0 unspecified atom stereocenters. The van der Waals surface area contributed by atoms with Crippen molar-refractivity contribution in [3.05, 3.63) is 88.9 Å². The van der Waals surface area contributed by atoms with E-state index in [1.54, 1.807) is 43.3 Å². The number of carbonyl (C=O) groups excluding carboxylic acids is 2. The van der Waals surface area contributed by atoms with Gasteiger partial charge in [-0.3, -0.25) is 13.9 Å². The summed E-state index contributed by atoms with van der Waals surface area (Å²) in [4.78, 5) is 28.5. The molecule has 0 bridgehead atoms. The first-order valence-corrected chi connectivity index (χ1v) is 14.9. The maximum absolute atomic E-state index is 13.9. The summed E-state index contributed by atoms with van der Waals surface area (Å²) < 4.78 is 33.9. The predicted octanol–water partition coefficient (Wildman–Crippen LogP) is 5.18. The zero-order valence-corrected chi connectivity index (χ0v) is 25.0. The molecule has 8 nitrogen and oxygen atoms in total. The van der Waals surface area contributed by atoms with E-state index in [1.807, 2.05) is 45.0 Å². The monoisotopic (exact) mass is 585 g/mol. The molecule has 0 aromatic heterocycles. The third-order valence-corrected chi connectivity index (χ3v) is 8.72. The summed E-state index contributed by atoms with van der Waals surface area (Å²) in [5, 5.41) is 3.35. The molecule has 0 aliphatic carbocycles. The number of rotatable bonds is 12. The molecule has 0 fully saturated rings. The highest BCUT2D eigenvalue weighted by molar-refractivity contribution is 7.92. The van der Waals surface area contributed by atoms with Crippen molar-refractivity contribution in [2.45, 2.75) is 57.6 Å². The molecular weight excluding hydrogens is 550 g/mol. The quantitative estimate of drug-likeness (QED) is 0.316. The summed E-state index contributed by atoms with van der Waals surface area (Å²) in [5.41, 5.74) is 2.14. The van der Waals surface area contributed by atoms with Crippen LogP contribution < -0.4 is 14.4 Å². The molecule has 2 atom stereocenters. The molecule has 3 rings (SSSR count). The summed E-state index contributed by atoms with van der Waals surface area (Å²) in [6, 6.07) is 18.8. The number of carbonyl (C=O) groups is 2. The molecule has 0 spiro atoms. The maximum Gasteiger partial charge on any atom is 0.264 e. The predicted molar refractivity (Wildman–Crippen MR) is 158 cm³/mol. The van der Waals surface area contributed by atoms with Crippen molar-refractivity contribution in [3.63, 3.8) is 0 Å². The molecule has 0 aliphatic heterocycles. The van der Waals surface area contributed by atoms with E-state index in [0.717, 1.165) is 21.9 Å². The molecule has 40 heavy (non-hydrogen) atoms.